The number of carbonyl (C=O) groups is 2. The van der Waals surface area contributed by atoms with E-state index in [1.165, 1.54) is 0 Å². The number of ketones is 1. The second-order valence-corrected chi connectivity index (χ2v) is 9.94. The van der Waals surface area contributed by atoms with Gasteiger partial charge in [-0.3, -0.25) is 9.59 Å². The van der Waals surface area contributed by atoms with Gasteiger partial charge in [-0.1, -0.05) is 58.4 Å². The van der Waals surface area contributed by atoms with Crippen LogP contribution in [0.15, 0.2) is 54.1 Å². The summed E-state index contributed by atoms with van der Waals surface area (Å²) in [6.45, 7) is 9.95. The van der Waals surface area contributed by atoms with Crippen LogP contribution in [0.5, 0.6) is 5.75 Å². The summed E-state index contributed by atoms with van der Waals surface area (Å²) in [6, 6.07) is 14.2. The van der Waals surface area contributed by atoms with Crippen molar-refractivity contribution in [2.75, 3.05) is 26.9 Å². The molecule has 1 atom stereocenters. The fraction of sp³-hybridized carbons (Fsp3) is 0.448. The molecule has 0 saturated carbocycles. The van der Waals surface area contributed by atoms with Crippen LogP contribution >= 0.6 is 0 Å². The first-order chi connectivity index (χ1) is 16.7. The first-order valence-electron chi connectivity index (χ1n) is 12.3. The molecule has 188 valence electrons. The smallest absolute Gasteiger partial charge is 0.295 e. The number of amides is 1. The summed E-state index contributed by atoms with van der Waals surface area (Å²) in [4.78, 5) is 27.7. The molecular formula is C29H37NO5. The number of unbranched alkanes of at least 4 members (excludes halogenated alkanes) is 1. The van der Waals surface area contributed by atoms with E-state index in [1.807, 2.05) is 24.3 Å². The maximum atomic E-state index is 13.1. The molecule has 0 radical (unpaired) electrons. The van der Waals surface area contributed by atoms with Crippen LogP contribution in [0, 0.1) is 0 Å². The lowest BCUT2D eigenvalue weighted by Gasteiger charge is -2.26. The van der Waals surface area contributed by atoms with Crippen LogP contribution in [-0.2, 0) is 19.7 Å². The lowest BCUT2D eigenvalue weighted by molar-refractivity contribution is -0.140. The highest BCUT2D eigenvalue weighted by atomic mass is 16.5. The average Bonchev–Trinajstić information content (AvgIpc) is 3.09. The zero-order valence-electron chi connectivity index (χ0n) is 21.5. The van der Waals surface area contributed by atoms with E-state index in [0.29, 0.717) is 37.5 Å². The lowest BCUT2D eigenvalue weighted by atomic mass is 9.85. The van der Waals surface area contributed by atoms with Crippen molar-refractivity contribution < 1.29 is 24.2 Å². The molecule has 3 rings (SSSR count). The fourth-order valence-corrected chi connectivity index (χ4v) is 4.20. The molecule has 1 fully saturated rings. The quantitative estimate of drug-likeness (QED) is 0.207. The Hall–Kier alpha value is -3.12. The Morgan fingerprint density at radius 1 is 0.971 bits per heavy atom. The van der Waals surface area contributed by atoms with Gasteiger partial charge < -0.3 is 19.5 Å². The highest BCUT2D eigenvalue weighted by molar-refractivity contribution is 6.46. The molecule has 2 aromatic carbocycles. The maximum Gasteiger partial charge on any atom is 0.295 e. The molecule has 0 aromatic heterocycles. The summed E-state index contributed by atoms with van der Waals surface area (Å²) in [5.74, 6) is -0.757. The Bertz CT molecular complexity index is 1050. The minimum atomic E-state index is -0.673. The standard InChI is InChI=1S/C29H37NO5/c1-6-7-19-35-23-15-11-21(12-16-23)26(31)24-25(20-9-13-22(14-10-20)29(2,3)4)30(17-8-18-34-5)28(33)27(24)32/h9-16,25,31H,6-8,17-19H2,1-5H3/b26-24+. The third-order valence-electron chi connectivity index (χ3n) is 6.27. The van der Waals surface area contributed by atoms with E-state index in [4.69, 9.17) is 9.47 Å². The van der Waals surface area contributed by atoms with Crippen molar-refractivity contribution in [2.24, 2.45) is 0 Å². The number of ether oxygens (including phenoxy) is 2. The first-order valence-corrected chi connectivity index (χ1v) is 12.3. The summed E-state index contributed by atoms with van der Waals surface area (Å²) in [7, 11) is 1.60. The number of hydrogen-bond donors (Lipinski definition) is 1. The topological polar surface area (TPSA) is 76.1 Å². The number of carbonyl (C=O) groups excluding carboxylic acids is 2. The number of Topliss-reactive ketones (excluding diaryl/α,β-unsaturated/α-hetero) is 1. The maximum absolute atomic E-state index is 13.1. The molecule has 1 aliphatic heterocycles. The predicted molar refractivity (Wildman–Crippen MR) is 137 cm³/mol. The largest absolute Gasteiger partial charge is 0.507 e. The Balaban J connectivity index is 2.01. The Kier molecular flexibility index (Phi) is 8.73. The summed E-state index contributed by atoms with van der Waals surface area (Å²) in [6.07, 6.45) is 2.59. The number of methoxy groups -OCH3 is 1. The van der Waals surface area contributed by atoms with E-state index in [2.05, 4.69) is 27.7 Å². The normalized spacial score (nSPS) is 17.7. The number of rotatable bonds is 10. The Morgan fingerprint density at radius 3 is 2.20 bits per heavy atom. The summed E-state index contributed by atoms with van der Waals surface area (Å²) in [5.41, 5.74) is 2.49. The van der Waals surface area contributed by atoms with E-state index >= 15 is 0 Å². The van der Waals surface area contributed by atoms with Crippen molar-refractivity contribution >= 4 is 17.4 Å². The molecule has 1 unspecified atom stereocenters. The Labute approximate surface area is 208 Å². The second kappa shape index (κ2) is 11.5. The fourth-order valence-electron chi connectivity index (χ4n) is 4.20. The van der Waals surface area contributed by atoms with Crippen molar-refractivity contribution in [2.45, 2.75) is 58.4 Å². The van der Waals surface area contributed by atoms with Gasteiger partial charge >= 0.3 is 0 Å². The van der Waals surface area contributed by atoms with Gasteiger partial charge in [0.1, 0.15) is 11.5 Å². The monoisotopic (exact) mass is 479 g/mol. The van der Waals surface area contributed by atoms with Crippen LogP contribution in [0.2, 0.25) is 0 Å². The van der Waals surface area contributed by atoms with Crippen molar-refractivity contribution in [3.63, 3.8) is 0 Å². The van der Waals surface area contributed by atoms with Crippen molar-refractivity contribution in [1.82, 2.24) is 4.90 Å². The number of aliphatic hydroxyl groups is 1. The SMILES string of the molecule is CCCCOc1ccc(/C(O)=C2\C(=O)C(=O)N(CCCOC)C2c2ccc(C(C)(C)C)cc2)cc1. The van der Waals surface area contributed by atoms with Gasteiger partial charge in [0.15, 0.2) is 0 Å². The van der Waals surface area contributed by atoms with E-state index < -0.39 is 17.7 Å². The molecule has 1 aliphatic rings. The van der Waals surface area contributed by atoms with Gasteiger partial charge in [-0.05, 0) is 53.6 Å². The van der Waals surface area contributed by atoms with E-state index in [-0.39, 0.29) is 16.7 Å². The molecular weight excluding hydrogens is 442 g/mol. The highest BCUT2D eigenvalue weighted by Gasteiger charge is 2.45. The summed E-state index contributed by atoms with van der Waals surface area (Å²) >= 11 is 0. The van der Waals surface area contributed by atoms with Crippen molar-refractivity contribution in [3.8, 4) is 5.75 Å². The Morgan fingerprint density at radius 2 is 1.63 bits per heavy atom. The number of hydrogen-bond acceptors (Lipinski definition) is 5. The van der Waals surface area contributed by atoms with Crippen LogP contribution in [0.3, 0.4) is 0 Å². The minimum absolute atomic E-state index is 0.0280. The number of nitrogens with zero attached hydrogens (tertiary/aromatic N) is 1. The zero-order chi connectivity index (χ0) is 25.6. The molecule has 6 nitrogen and oxygen atoms in total. The number of likely N-dealkylation sites (tertiary alicyclic amines) is 1. The van der Waals surface area contributed by atoms with E-state index in [0.717, 1.165) is 24.0 Å². The average molecular weight is 480 g/mol. The first kappa shape index (κ1) is 26.5. The van der Waals surface area contributed by atoms with Crippen molar-refractivity contribution in [3.05, 3.63) is 70.8 Å². The van der Waals surface area contributed by atoms with Crippen molar-refractivity contribution in [1.29, 1.82) is 0 Å². The van der Waals surface area contributed by atoms with Crippen LogP contribution in [0.1, 0.15) is 69.7 Å². The third kappa shape index (κ3) is 6.12. The van der Waals surface area contributed by atoms with Gasteiger partial charge in [-0.25, -0.2) is 0 Å². The lowest BCUT2D eigenvalue weighted by Crippen LogP contribution is -2.31. The number of aliphatic hydroxyl groups excluding tert-OH is 1. The van der Waals surface area contributed by atoms with E-state index in [1.54, 1.807) is 36.3 Å². The van der Waals surface area contributed by atoms with Gasteiger partial charge in [0.2, 0.25) is 0 Å². The van der Waals surface area contributed by atoms with Gasteiger partial charge in [-0.15, -0.1) is 0 Å². The minimum Gasteiger partial charge on any atom is -0.507 e. The second-order valence-electron chi connectivity index (χ2n) is 9.94. The molecule has 0 spiro atoms. The van der Waals surface area contributed by atoms with Gasteiger partial charge in [0, 0.05) is 25.8 Å². The number of benzene rings is 2. The highest BCUT2D eigenvalue weighted by Crippen LogP contribution is 2.40. The molecule has 35 heavy (non-hydrogen) atoms. The molecule has 0 aliphatic carbocycles. The van der Waals surface area contributed by atoms with Gasteiger partial charge in [-0.2, -0.15) is 0 Å². The molecule has 6 heteroatoms. The molecule has 0 bridgehead atoms. The van der Waals surface area contributed by atoms with E-state index in [9.17, 15) is 14.7 Å². The van der Waals surface area contributed by atoms with Gasteiger partial charge in [0.25, 0.3) is 11.7 Å². The predicted octanol–water partition coefficient (Wildman–Crippen LogP) is 5.62. The molecule has 1 heterocycles. The van der Waals surface area contributed by atoms with Gasteiger partial charge in [0.05, 0.1) is 18.2 Å². The zero-order valence-corrected chi connectivity index (χ0v) is 21.5. The van der Waals surface area contributed by atoms with Crippen LogP contribution in [-0.4, -0.2) is 48.6 Å². The van der Waals surface area contributed by atoms with Crippen LogP contribution < -0.4 is 4.74 Å². The third-order valence-corrected chi connectivity index (χ3v) is 6.27. The summed E-state index contributed by atoms with van der Waals surface area (Å²) < 4.78 is 10.9. The molecule has 2 aromatic rings. The summed E-state index contributed by atoms with van der Waals surface area (Å²) in [5, 5.41) is 11.2. The van der Waals surface area contributed by atoms with Crippen LogP contribution in [0.4, 0.5) is 0 Å². The van der Waals surface area contributed by atoms with Crippen LogP contribution in [0.25, 0.3) is 5.76 Å². The molecule has 1 saturated heterocycles. The molecule has 1 N–H and O–H groups in total. The molecule has 1 amide bonds.